The van der Waals surface area contributed by atoms with Gasteiger partial charge < -0.3 is 24.5 Å². The van der Waals surface area contributed by atoms with Crippen molar-refractivity contribution in [3.05, 3.63) is 85.5 Å². The second-order valence-corrected chi connectivity index (χ2v) is 13.8. The predicted molar refractivity (Wildman–Crippen MR) is 170 cm³/mol. The molecule has 0 radical (unpaired) electrons. The van der Waals surface area contributed by atoms with Crippen LogP contribution < -0.4 is 9.64 Å². The molecule has 3 aliphatic heterocycles. The maximum atomic E-state index is 14.7. The van der Waals surface area contributed by atoms with Crippen LogP contribution in [0.4, 0.5) is 5.69 Å². The summed E-state index contributed by atoms with van der Waals surface area (Å²) in [5, 5.41) is 10.3. The number of ether oxygens (including phenoxy) is 1. The second-order valence-electron chi connectivity index (χ2n) is 11.9. The SMILES string of the molecule is C=CCN(Cc1ccccc1)C(=O)[C@H]1[C@H]2C(=O)N([C@H](C)CO)C(C(=O)N(CC=C)c3ccc(OC)cc3)C23CC[C@]1(C)S3. The van der Waals surface area contributed by atoms with Crippen molar-refractivity contribution in [1.29, 1.82) is 0 Å². The van der Waals surface area contributed by atoms with Crippen LogP contribution >= 0.6 is 11.8 Å². The van der Waals surface area contributed by atoms with Gasteiger partial charge >= 0.3 is 0 Å². The lowest BCUT2D eigenvalue weighted by Gasteiger charge is -2.39. The molecule has 0 saturated carbocycles. The summed E-state index contributed by atoms with van der Waals surface area (Å²) in [7, 11) is 1.58. The molecule has 8 nitrogen and oxygen atoms in total. The molecule has 2 bridgehead atoms. The molecule has 3 heterocycles. The first-order valence-corrected chi connectivity index (χ1v) is 15.6. The Balaban J connectivity index is 1.56. The van der Waals surface area contributed by atoms with Crippen LogP contribution in [0, 0.1) is 11.8 Å². The van der Waals surface area contributed by atoms with Crippen LogP contribution in [-0.2, 0) is 20.9 Å². The van der Waals surface area contributed by atoms with Crippen LogP contribution in [0.1, 0.15) is 32.3 Å². The molecule has 1 N–H and O–H groups in total. The fourth-order valence-corrected chi connectivity index (χ4v) is 9.66. The smallest absolute Gasteiger partial charge is 0.251 e. The lowest BCUT2D eigenvalue weighted by Crippen LogP contribution is -2.57. The van der Waals surface area contributed by atoms with E-state index in [0.29, 0.717) is 37.4 Å². The van der Waals surface area contributed by atoms with Crippen molar-refractivity contribution < 1.29 is 24.2 Å². The van der Waals surface area contributed by atoms with Crippen LogP contribution in [0.2, 0.25) is 0 Å². The number of amides is 3. The maximum absolute atomic E-state index is 14.7. The number of carbonyl (C=O) groups excluding carboxylic acids is 3. The Morgan fingerprint density at radius 2 is 1.77 bits per heavy atom. The molecule has 2 aromatic rings. The first kappa shape index (κ1) is 30.9. The van der Waals surface area contributed by atoms with Crippen LogP contribution in [0.15, 0.2) is 79.9 Å². The Labute approximate surface area is 258 Å². The molecule has 3 amide bonds. The van der Waals surface area contributed by atoms with Gasteiger partial charge in [0.15, 0.2) is 0 Å². The number of aliphatic hydroxyl groups is 1. The monoisotopic (exact) mass is 603 g/mol. The van der Waals surface area contributed by atoms with E-state index in [4.69, 9.17) is 4.74 Å². The molecule has 9 heteroatoms. The van der Waals surface area contributed by atoms with Gasteiger partial charge in [0.25, 0.3) is 5.91 Å². The van der Waals surface area contributed by atoms with Gasteiger partial charge in [0, 0.05) is 30.1 Å². The molecule has 3 fully saturated rings. The molecule has 1 spiro atoms. The maximum Gasteiger partial charge on any atom is 0.251 e. The normalized spacial score (nSPS) is 27.9. The highest BCUT2D eigenvalue weighted by molar-refractivity contribution is 8.02. The van der Waals surface area contributed by atoms with Gasteiger partial charge in [-0.3, -0.25) is 14.4 Å². The highest BCUT2D eigenvalue weighted by atomic mass is 32.2. The summed E-state index contributed by atoms with van der Waals surface area (Å²) < 4.78 is 4.00. The number of rotatable bonds is 12. The summed E-state index contributed by atoms with van der Waals surface area (Å²) in [6.45, 7) is 12.3. The van der Waals surface area contributed by atoms with E-state index in [1.54, 1.807) is 64.8 Å². The summed E-state index contributed by atoms with van der Waals surface area (Å²) in [6, 6.07) is 15.6. The number of hydrogen-bond donors (Lipinski definition) is 1. The quantitative estimate of drug-likeness (QED) is 0.364. The predicted octanol–water partition coefficient (Wildman–Crippen LogP) is 4.29. The van der Waals surface area contributed by atoms with Gasteiger partial charge in [-0.25, -0.2) is 0 Å². The minimum Gasteiger partial charge on any atom is -0.497 e. The molecular weight excluding hydrogens is 562 g/mol. The van der Waals surface area contributed by atoms with Gasteiger partial charge in [-0.05, 0) is 56.5 Å². The number of thioether (sulfide) groups is 1. The molecule has 6 atom stereocenters. The fraction of sp³-hybridized carbons (Fsp3) is 0.441. The van der Waals surface area contributed by atoms with Crippen LogP contribution in [-0.4, -0.2) is 81.0 Å². The number of benzene rings is 2. The molecule has 2 aromatic carbocycles. The Morgan fingerprint density at radius 1 is 1.09 bits per heavy atom. The number of hydrogen-bond acceptors (Lipinski definition) is 6. The zero-order valence-corrected chi connectivity index (χ0v) is 26.0. The number of methoxy groups -OCH3 is 1. The lowest BCUT2D eigenvalue weighted by atomic mass is 9.66. The van der Waals surface area contributed by atoms with Crippen molar-refractivity contribution in [2.45, 2.75) is 54.8 Å². The van der Waals surface area contributed by atoms with Gasteiger partial charge in [-0.2, -0.15) is 0 Å². The first-order valence-electron chi connectivity index (χ1n) is 14.8. The average molecular weight is 604 g/mol. The largest absolute Gasteiger partial charge is 0.497 e. The molecule has 228 valence electrons. The van der Waals surface area contributed by atoms with Crippen molar-refractivity contribution >= 4 is 35.2 Å². The summed E-state index contributed by atoms with van der Waals surface area (Å²) in [5.74, 6) is -1.20. The highest BCUT2D eigenvalue weighted by Crippen LogP contribution is 2.72. The number of nitrogens with zero attached hydrogens (tertiary/aromatic N) is 3. The molecule has 0 aromatic heterocycles. The first-order chi connectivity index (χ1) is 20.7. The van der Waals surface area contributed by atoms with Gasteiger partial charge in [0.2, 0.25) is 11.8 Å². The Morgan fingerprint density at radius 3 is 2.37 bits per heavy atom. The average Bonchev–Trinajstić information content (AvgIpc) is 3.59. The van der Waals surface area contributed by atoms with Gasteiger partial charge in [0.05, 0.1) is 36.3 Å². The topological polar surface area (TPSA) is 90.4 Å². The van der Waals surface area contributed by atoms with Crippen molar-refractivity contribution in [1.82, 2.24) is 9.80 Å². The third kappa shape index (κ3) is 5.16. The number of likely N-dealkylation sites (tertiary alicyclic amines) is 1. The van der Waals surface area contributed by atoms with Crippen LogP contribution in [0.3, 0.4) is 0 Å². The van der Waals surface area contributed by atoms with Crippen LogP contribution in [0.5, 0.6) is 5.75 Å². The van der Waals surface area contributed by atoms with Gasteiger partial charge in [-0.1, -0.05) is 42.5 Å². The van der Waals surface area contributed by atoms with Crippen molar-refractivity contribution in [3.63, 3.8) is 0 Å². The minimum absolute atomic E-state index is 0.0959. The molecule has 0 aliphatic carbocycles. The van der Waals surface area contributed by atoms with E-state index in [1.165, 1.54) is 0 Å². The van der Waals surface area contributed by atoms with E-state index >= 15 is 0 Å². The van der Waals surface area contributed by atoms with Gasteiger partial charge in [0.1, 0.15) is 11.8 Å². The van der Waals surface area contributed by atoms with E-state index < -0.39 is 33.4 Å². The number of carbonyl (C=O) groups is 3. The Kier molecular flexibility index (Phi) is 8.77. The third-order valence-corrected chi connectivity index (χ3v) is 11.3. The number of anilines is 1. The Bertz CT molecular complexity index is 1380. The van der Waals surface area contributed by atoms with Gasteiger partial charge in [-0.15, -0.1) is 24.9 Å². The van der Waals surface area contributed by atoms with Crippen molar-refractivity contribution in [2.24, 2.45) is 11.8 Å². The molecule has 3 aliphatic rings. The van der Waals surface area contributed by atoms with Crippen LogP contribution in [0.25, 0.3) is 0 Å². The van der Waals surface area contributed by atoms with E-state index in [2.05, 4.69) is 20.1 Å². The molecular formula is C34H41N3O5S. The lowest BCUT2D eigenvalue weighted by molar-refractivity contribution is -0.146. The highest BCUT2D eigenvalue weighted by Gasteiger charge is 2.77. The zero-order valence-electron chi connectivity index (χ0n) is 25.1. The van der Waals surface area contributed by atoms with Crippen molar-refractivity contribution in [2.75, 3.05) is 31.7 Å². The summed E-state index contributed by atoms with van der Waals surface area (Å²) in [5.41, 5.74) is 1.65. The molecule has 43 heavy (non-hydrogen) atoms. The summed E-state index contributed by atoms with van der Waals surface area (Å²) in [4.78, 5) is 48.7. The van der Waals surface area contributed by atoms with Crippen molar-refractivity contribution in [3.8, 4) is 5.75 Å². The summed E-state index contributed by atoms with van der Waals surface area (Å²) in [6.07, 6.45) is 4.71. The van der Waals surface area contributed by atoms with E-state index in [1.807, 2.05) is 42.5 Å². The van der Waals surface area contributed by atoms with E-state index in [9.17, 15) is 19.5 Å². The standard InChI is InChI=1S/C34H41N3O5S/c1-6-19-35(21-24-11-9-8-10-12-24)30(39)27-28-31(40)37(23(3)22-38)29(34(28)18-17-33(27,4)43-34)32(41)36(20-7-2)25-13-15-26(42-5)16-14-25/h6-16,23,27-29,38H,1-2,17-22H2,3-5H3/t23-,27-,28+,29?,33+,34?/m1/s1. The fourth-order valence-electron chi connectivity index (χ4n) is 7.33. The van der Waals surface area contributed by atoms with E-state index in [-0.39, 0.29) is 30.9 Å². The zero-order chi connectivity index (χ0) is 30.9. The number of fused-ring (bicyclic) bond motifs is 1. The Hall–Kier alpha value is -3.56. The minimum atomic E-state index is -0.846. The molecule has 2 unspecified atom stereocenters. The molecule has 5 rings (SSSR count). The van der Waals surface area contributed by atoms with E-state index in [0.717, 1.165) is 5.56 Å². The second kappa shape index (κ2) is 12.2. The third-order valence-electron chi connectivity index (χ3n) is 9.29. The summed E-state index contributed by atoms with van der Waals surface area (Å²) >= 11 is 1.63. The number of aliphatic hydroxyl groups excluding tert-OH is 1. The molecule has 3 saturated heterocycles.